The summed E-state index contributed by atoms with van der Waals surface area (Å²) >= 11 is 0. The van der Waals surface area contributed by atoms with Gasteiger partial charge in [0.15, 0.2) is 0 Å². The van der Waals surface area contributed by atoms with Crippen LogP contribution >= 0.6 is 0 Å². The third-order valence-corrected chi connectivity index (χ3v) is 5.14. The van der Waals surface area contributed by atoms with E-state index in [9.17, 15) is 9.59 Å². The number of likely N-dealkylation sites (tertiary alicyclic amines) is 1. The van der Waals surface area contributed by atoms with Crippen molar-refractivity contribution >= 4 is 11.8 Å². The molecule has 1 aromatic heterocycles. The van der Waals surface area contributed by atoms with E-state index in [1.807, 2.05) is 48.5 Å². The molecule has 1 unspecified atom stereocenters. The van der Waals surface area contributed by atoms with Crippen LogP contribution in [-0.2, 0) is 16.0 Å². The highest BCUT2D eigenvalue weighted by Gasteiger charge is 2.32. The molecule has 6 heteroatoms. The average molecular weight is 380 g/mol. The topological polar surface area (TPSA) is 88.3 Å². The molecular formula is C22H28N4O2. The Bertz CT molecular complexity index is 767. The number of hydrogen-bond donors (Lipinski definition) is 2. The maximum absolute atomic E-state index is 13.1. The first kappa shape index (κ1) is 20.0. The Morgan fingerprint density at radius 1 is 1.14 bits per heavy atom. The molecule has 2 atom stereocenters. The second-order valence-electron chi connectivity index (χ2n) is 7.13. The van der Waals surface area contributed by atoms with Crippen LogP contribution in [0.4, 0.5) is 0 Å². The van der Waals surface area contributed by atoms with Crippen molar-refractivity contribution in [3.63, 3.8) is 0 Å². The fourth-order valence-corrected chi connectivity index (χ4v) is 3.70. The number of nitrogens with zero attached hydrogens (tertiary/aromatic N) is 2. The third kappa shape index (κ3) is 5.16. The number of benzene rings is 1. The Balaban J connectivity index is 1.77. The number of carbonyl (C=O) groups is 2. The second kappa shape index (κ2) is 9.99. The Morgan fingerprint density at radius 2 is 1.93 bits per heavy atom. The quantitative estimate of drug-likeness (QED) is 0.771. The van der Waals surface area contributed by atoms with Crippen LogP contribution in [0.5, 0.6) is 0 Å². The van der Waals surface area contributed by atoms with Crippen molar-refractivity contribution in [2.75, 3.05) is 13.1 Å². The van der Waals surface area contributed by atoms with E-state index in [1.54, 1.807) is 11.1 Å². The van der Waals surface area contributed by atoms with Crippen molar-refractivity contribution in [3.05, 3.63) is 66.0 Å². The Morgan fingerprint density at radius 3 is 2.64 bits per heavy atom. The largest absolute Gasteiger partial charge is 0.347 e. The zero-order valence-electron chi connectivity index (χ0n) is 16.1. The average Bonchev–Trinajstić information content (AvgIpc) is 2.75. The van der Waals surface area contributed by atoms with Crippen LogP contribution in [0.25, 0.3) is 0 Å². The molecule has 1 aromatic carbocycles. The minimum atomic E-state index is -0.428. The maximum atomic E-state index is 13.1. The van der Waals surface area contributed by atoms with Crippen LogP contribution in [0, 0.1) is 0 Å². The van der Waals surface area contributed by atoms with Gasteiger partial charge in [0.25, 0.3) is 0 Å². The molecular weight excluding hydrogens is 352 g/mol. The maximum Gasteiger partial charge on any atom is 0.243 e. The van der Waals surface area contributed by atoms with Gasteiger partial charge in [-0.1, -0.05) is 36.4 Å². The lowest BCUT2D eigenvalue weighted by atomic mass is 9.98. The standard InChI is InChI=1S/C22H28N4O2/c23-13-12-21(27)26-15-7-5-11-20(26)22(28)25-19(17-8-2-1-3-9-17)16-18-10-4-6-14-24-18/h1-4,6,8-10,14,19-20H,5,7,11-13,15-16,23H2,(H,25,28)/t19?,20-/m0/s1. The lowest BCUT2D eigenvalue weighted by Crippen LogP contribution is -2.52. The van der Waals surface area contributed by atoms with Crippen molar-refractivity contribution in [3.8, 4) is 0 Å². The molecule has 28 heavy (non-hydrogen) atoms. The summed E-state index contributed by atoms with van der Waals surface area (Å²) in [5.41, 5.74) is 7.48. The zero-order valence-corrected chi connectivity index (χ0v) is 16.1. The highest BCUT2D eigenvalue weighted by Crippen LogP contribution is 2.22. The van der Waals surface area contributed by atoms with Gasteiger partial charge in [-0.2, -0.15) is 0 Å². The number of amides is 2. The molecule has 3 N–H and O–H groups in total. The van der Waals surface area contributed by atoms with Gasteiger partial charge in [-0.05, 0) is 37.0 Å². The number of nitrogens with one attached hydrogen (secondary N) is 1. The van der Waals surface area contributed by atoms with Crippen LogP contribution in [0.2, 0.25) is 0 Å². The predicted molar refractivity (Wildman–Crippen MR) is 108 cm³/mol. The van der Waals surface area contributed by atoms with Gasteiger partial charge in [0.05, 0.1) is 6.04 Å². The molecule has 1 aliphatic rings. The Kier molecular flexibility index (Phi) is 7.14. The molecule has 1 fully saturated rings. The SMILES string of the molecule is NCCC(=O)N1CCCC[C@H]1C(=O)NC(Cc1ccccn1)c1ccccc1. The van der Waals surface area contributed by atoms with Crippen molar-refractivity contribution < 1.29 is 9.59 Å². The van der Waals surface area contributed by atoms with Crippen molar-refractivity contribution in [2.45, 2.75) is 44.2 Å². The van der Waals surface area contributed by atoms with E-state index in [0.717, 1.165) is 24.1 Å². The van der Waals surface area contributed by atoms with Gasteiger partial charge in [-0.25, -0.2) is 0 Å². The summed E-state index contributed by atoms with van der Waals surface area (Å²) in [4.78, 5) is 31.7. The smallest absolute Gasteiger partial charge is 0.243 e. The van der Waals surface area contributed by atoms with Gasteiger partial charge in [-0.15, -0.1) is 0 Å². The number of aromatic nitrogens is 1. The molecule has 2 aromatic rings. The summed E-state index contributed by atoms with van der Waals surface area (Å²) in [5, 5.41) is 3.17. The molecule has 3 rings (SSSR count). The molecule has 0 bridgehead atoms. The number of pyridine rings is 1. The molecule has 1 aliphatic heterocycles. The number of piperidine rings is 1. The van der Waals surface area contributed by atoms with Crippen molar-refractivity contribution in [1.29, 1.82) is 0 Å². The summed E-state index contributed by atoms with van der Waals surface area (Å²) in [7, 11) is 0. The third-order valence-electron chi connectivity index (χ3n) is 5.14. The first-order valence-corrected chi connectivity index (χ1v) is 9.94. The van der Waals surface area contributed by atoms with E-state index < -0.39 is 6.04 Å². The Hall–Kier alpha value is -2.73. The van der Waals surface area contributed by atoms with E-state index in [-0.39, 0.29) is 24.3 Å². The molecule has 1 saturated heterocycles. The van der Waals surface area contributed by atoms with Gasteiger partial charge in [0, 0.05) is 37.8 Å². The molecule has 2 amide bonds. The van der Waals surface area contributed by atoms with Crippen LogP contribution in [0.1, 0.15) is 43.0 Å². The lowest BCUT2D eigenvalue weighted by molar-refractivity contribution is -0.142. The second-order valence-corrected chi connectivity index (χ2v) is 7.13. The molecule has 0 aliphatic carbocycles. The molecule has 0 spiro atoms. The summed E-state index contributed by atoms with van der Waals surface area (Å²) in [6, 6.07) is 15.0. The number of nitrogens with two attached hydrogens (primary N) is 1. The van der Waals surface area contributed by atoms with Crippen LogP contribution in [0.15, 0.2) is 54.7 Å². The number of rotatable bonds is 7. The molecule has 0 saturated carbocycles. The van der Waals surface area contributed by atoms with Gasteiger partial charge in [0.1, 0.15) is 6.04 Å². The van der Waals surface area contributed by atoms with Crippen molar-refractivity contribution in [2.24, 2.45) is 5.73 Å². The summed E-state index contributed by atoms with van der Waals surface area (Å²) in [6.07, 6.45) is 5.19. The highest BCUT2D eigenvalue weighted by molar-refractivity contribution is 5.88. The predicted octanol–water partition coefficient (Wildman–Crippen LogP) is 2.21. The fraction of sp³-hybridized carbons (Fsp3) is 0.409. The molecule has 2 heterocycles. The van der Waals surface area contributed by atoms with Gasteiger partial charge in [-0.3, -0.25) is 14.6 Å². The summed E-state index contributed by atoms with van der Waals surface area (Å²) in [5.74, 6) is -0.141. The first-order chi connectivity index (χ1) is 13.7. The number of carbonyl (C=O) groups excluding carboxylic acids is 2. The van der Waals surface area contributed by atoms with E-state index in [4.69, 9.17) is 5.73 Å². The van der Waals surface area contributed by atoms with Crippen LogP contribution < -0.4 is 11.1 Å². The zero-order chi connectivity index (χ0) is 19.8. The monoisotopic (exact) mass is 380 g/mol. The van der Waals surface area contributed by atoms with E-state index >= 15 is 0 Å². The summed E-state index contributed by atoms with van der Waals surface area (Å²) < 4.78 is 0. The highest BCUT2D eigenvalue weighted by atomic mass is 16.2. The van der Waals surface area contributed by atoms with E-state index in [2.05, 4.69) is 10.3 Å². The Labute approximate surface area is 166 Å². The molecule has 6 nitrogen and oxygen atoms in total. The first-order valence-electron chi connectivity index (χ1n) is 9.94. The van der Waals surface area contributed by atoms with E-state index in [1.165, 1.54) is 0 Å². The normalized spacial score (nSPS) is 17.8. The van der Waals surface area contributed by atoms with Gasteiger partial charge >= 0.3 is 0 Å². The van der Waals surface area contributed by atoms with Gasteiger partial charge in [0.2, 0.25) is 11.8 Å². The lowest BCUT2D eigenvalue weighted by Gasteiger charge is -2.35. The molecule has 148 valence electrons. The summed E-state index contributed by atoms with van der Waals surface area (Å²) in [6.45, 7) is 0.920. The van der Waals surface area contributed by atoms with Crippen molar-refractivity contribution in [1.82, 2.24) is 15.2 Å². The van der Waals surface area contributed by atoms with Gasteiger partial charge < -0.3 is 16.0 Å². The molecule has 0 radical (unpaired) electrons. The fourth-order valence-electron chi connectivity index (χ4n) is 3.70. The van der Waals surface area contributed by atoms with Crippen LogP contribution in [-0.4, -0.2) is 40.8 Å². The number of hydrogen-bond acceptors (Lipinski definition) is 4. The van der Waals surface area contributed by atoms with E-state index in [0.29, 0.717) is 25.9 Å². The minimum absolute atomic E-state index is 0.0386. The van der Waals surface area contributed by atoms with Crippen LogP contribution in [0.3, 0.4) is 0 Å². The minimum Gasteiger partial charge on any atom is -0.347 e.